The second-order valence-corrected chi connectivity index (χ2v) is 6.70. The van der Waals surface area contributed by atoms with Crippen molar-refractivity contribution in [3.05, 3.63) is 104 Å². The van der Waals surface area contributed by atoms with Gasteiger partial charge in [0.1, 0.15) is 0 Å². The van der Waals surface area contributed by atoms with E-state index in [-0.39, 0.29) is 23.7 Å². The second-order valence-electron chi connectivity index (χ2n) is 6.70. The fraction of sp³-hybridized carbons (Fsp3) is 0.182. The molecule has 0 bridgehead atoms. The maximum Gasteiger partial charge on any atom is 0.269 e. The van der Waals surface area contributed by atoms with Crippen molar-refractivity contribution >= 4 is 17.3 Å². The Morgan fingerprint density at radius 3 is 2.45 bits per heavy atom. The maximum atomic E-state index is 13.1. The molecular weight excluding hydrogens is 370 g/mol. The average Bonchev–Trinajstić information content (AvgIpc) is 2.70. The van der Waals surface area contributed by atoms with Gasteiger partial charge in [0, 0.05) is 36.6 Å². The summed E-state index contributed by atoms with van der Waals surface area (Å²) in [4.78, 5) is 37.3. The number of nitrogens with zero attached hydrogens (tertiary/aromatic N) is 3. The molecule has 148 valence electrons. The SMILES string of the molecule is CCN(C(=O)c1ccc(=O)n(Cc2ccc([N+](=O)[O-])cc2)c1)c1cccc(C)c1. The Labute approximate surface area is 168 Å². The molecule has 1 aromatic heterocycles. The van der Waals surface area contributed by atoms with Crippen LogP contribution in [0.5, 0.6) is 0 Å². The zero-order valence-electron chi connectivity index (χ0n) is 16.2. The Morgan fingerprint density at radius 1 is 1.10 bits per heavy atom. The number of benzene rings is 2. The molecule has 0 unspecified atom stereocenters. The Kier molecular flexibility index (Phi) is 5.87. The minimum atomic E-state index is -0.472. The summed E-state index contributed by atoms with van der Waals surface area (Å²) in [5, 5.41) is 10.8. The van der Waals surface area contributed by atoms with Crippen LogP contribution in [-0.2, 0) is 6.54 Å². The van der Waals surface area contributed by atoms with Gasteiger partial charge in [-0.1, -0.05) is 24.3 Å². The lowest BCUT2D eigenvalue weighted by atomic mass is 10.1. The molecule has 0 aliphatic rings. The molecule has 0 saturated carbocycles. The predicted octanol–water partition coefficient (Wildman–Crippen LogP) is 3.78. The number of carbonyl (C=O) groups excluding carboxylic acids is 1. The lowest BCUT2D eigenvalue weighted by Gasteiger charge is -2.22. The number of non-ortho nitro benzene ring substituents is 1. The van der Waals surface area contributed by atoms with Gasteiger partial charge in [-0.05, 0) is 43.2 Å². The average molecular weight is 391 g/mol. The highest BCUT2D eigenvalue weighted by Gasteiger charge is 2.17. The van der Waals surface area contributed by atoms with Crippen molar-refractivity contribution in [3.8, 4) is 0 Å². The van der Waals surface area contributed by atoms with Crippen LogP contribution >= 0.6 is 0 Å². The van der Waals surface area contributed by atoms with E-state index in [1.807, 2.05) is 38.1 Å². The van der Waals surface area contributed by atoms with Gasteiger partial charge in [0.25, 0.3) is 17.2 Å². The van der Waals surface area contributed by atoms with Crippen molar-refractivity contribution in [1.82, 2.24) is 4.57 Å². The molecule has 3 rings (SSSR count). The molecule has 0 saturated heterocycles. The summed E-state index contributed by atoms with van der Waals surface area (Å²) < 4.78 is 1.43. The number of aromatic nitrogens is 1. The lowest BCUT2D eigenvalue weighted by Crippen LogP contribution is -2.32. The minimum absolute atomic E-state index is 0.0123. The van der Waals surface area contributed by atoms with Crippen LogP contribution in [0.1, 0.15) is 28.4 Å². The molecule has 3 aromatic rings. The van der Waals surface area contributed by atoms with Crippen molar-refractivity contribution in [2.45, 2.75) is 20.4 Å². The molecule has 0 aliphatic heterocycles. The third-order valence-corrected chi connectivity index (χ3v) is 4.61. The standard InChI is InChI=1S/C22H21N3O4/c1-3-24(20-6-4-5-16(2)13-20)22(27)18-9-12-21(26)23(15-18)14-17-7-10-19(11-8-17)25(28)29/h4-13,15H,3,14H2,1-2H3. The number of amides is 1. The van der Waals surface area contributed by atoms with E-state index in [9.17, 15) is 19.7 Å². The normalized spacial score (nSPS) is 10.6. The van der Waals surface area contributed by atoms with Crippen LogP contribution in [0.2, 0.25) is 0 Å². The Bertz CT molecular complexity index is 1100. The zero-order valence-corrected chi connectivity index (χ0v) is 16.2. The molecule has 7 heteroatoms. The lowest BCUT2D eigenvalue weighted by molar-refractivity contribution is -0.384. The van der Waals surface area contributed by atoms with Crippen molar-refractivity contribution in [2.75, 3.05) is 11.4 Å². The van der Waals surface area contributed by atoms with E-state index >= 15 is 0 Å². The summed E-state index contributed by atoms with van der Waals surface area (Å²) in [5.74, 6) is -0.199. The molecule has 2 aromatic carbocycles. The summed E-state index contributed by atoms with van der Waals surface area (Å²) in [6, 6.07) is 16.6. The third kappa shape index (κ3) is 4.57. The zero-order chi connectivity index (χ0) is 21.0. The van der Waals surface area contributed by atoms with Crippen molar-refractivity contribution in [1.29, 1.82) is 0 Å². The first-order valence-electron chi connectivity index (χ1n) is 9.21. The fourth-order valence-electron chi connectivity index (χ4n) is 3.10. The van der Waals surface area contributed by atoms with E-state index in [1.54, 1.807) is 17.0 Å². The van der Waals surface area contributed by atoms with E-state index in [2.05, 4.69) is 0 Å². The van der Waals surface area contributed by atoms with Gasteiger partial charge in [-0.2, -0.15) is 0 Å². The quantitative estimate of drug-likeness (QED) is 0.473. The maximum absolute atomic E-state index is 13.1. The van der Waals surface area contributed by atoms with Crippen molar-refractivity contribution in [2.24, 2.45) is 0 Å². The van der Waals surface area contributed by atoms with Crippen molar-refractivity contribution < 1.29 is 9.72 Å². The van der Waals surface area contributed by atoms with E-state index in [0.29, 0.717) is 12.1 Å². The first kappa shape index (κ1) is 20.0. The molecule has 0 fully saturated rings. The fourth-order valence-corrected chi connectivity index (χ4v) is 3.10. The number of anilines is 1. The van der Waals surface area contributed by atoms with Crippen LogP contribution in [0, 0.1) is 17.0 Å². The van der Waals surface area contributed by atoms with E-state index < -0.39 is 4.92 Å². The molecule has 0 atom stereocenters. The number of aryl methyl sites for hydroxylation is 1. The summed E-state index contributed by atoms with van der Waals surface area (Å²) in [6.07, 6.45) is 1.53. The van der Waals surface area contributed by atoms with Gasteiger partial charge in [-0.3, -0.25) is 19.7 Å². The van der Waals surface area contributed by atoms with Crippen LogP contribution < -0.4 is 10.5 Å². The van der Waals surface area contributed by atoms with Gasteiger partial charge in [0.2, 0.25) is 0 Å². The Morgan fingerprint density at radius 2 is 1.83 bits per heavy atom. The largest absolute Gasteiger partial charge is 0.310 e. The number of hydrogen-bond acceptors (Lipinski definition) is 4. The van der Waals surface area contributed by atoms with Crippen LogP contribution in [-0.4, -0.2) is 21.9 Å². The molecule has 29 heavy (non-hydrogen) atoms. The number of pyridine rings is 1. The number of nitro groups is 1. The predicted molar refractivity (Wildman–Crippen MR) is 111 cm³/mol. The number of nitro benzene ring substituents is 1. The molecule has 1 heterocycles. The van der Waals surface area contributed by atoms with Gasteiger partial charge in [-0.15, -0.1) is 0 Å². The van der Waals surface area contributed by atoms with Crippen LogP contribution in [0.15, 0.2) is 71.7 Å². The smallest absolute Gasteiger partial charge is 0.269 e. The van der Waals surface area contributed by atoms with Crippen LogP contribution in [0.25, 0.3) is 0 Å². The molecule has 0 radical (unpaired) electrons. The molecule has 0 spiro atoms. The van der Waals surface area contributed by atoms with Crippen LogP contribution in [0.4, 0.5) is 11.4 Å². The van der Waals surface area contributed by atoms with Crippen LogP contribution in [0.3, 0.4) is 0 Å². The van der Waals surface area contributed by atoms with Gasteiger partial charge in [0.15, 0.2) is 0 Å². The summed E-state index contributed by atoms with van der Waals surface area (Å²) >= 11 is 0. The number of carbonyl (C=O) groups is 1. The van der Waals surface area contributed by atoms with E-state index in [0.717, 1.165) is 16.8 Å². The first-order valence-corrected chi connectivity index (χ1v) is 9.21. The highest BCUT2D eigenvalue weighted by Crippen LogP contribution is 2.18. The Balaban J connectivity index is 1.88. The summed E-state index contributed by atoms with van der Waals surface area (Å²) in [5.41, 5.74) is 2.71. The summed E-state index contributed by atoms with van der Waals surface area (Å²) in [6.45, 7) is 4.57. The highest BCUT2D eigenvalue weighted by molar-refractivity contribution is 6.05. The molecule has 0 aliphatic carbocycles. The number of hydrogen-bond donors (Lipinski definition) is 0. The monoisotopic (exact) mass is 391 g/mol. The van der Waals surface area contributed by atoms with Gasteiger partial charge < -0.3 is 9.47 Å². The van der Waals surface area contributed by atoms with Gasteiger partial charge in [0.05, 0.1) is 17.0 Å². The topological polar surface area (TPSA) is 85.5 Å². The third-order valence-electron chi connectivity index (χ3n) is 4.61. The number of rotatable bonds is 6. The van der Waals surface area contributed by atoms with E-state index in [4.69, 9.17) is 0 Å². The second kappa shape index (κ2) is 8.52. The minimum Gasteiger partial charge on any atom is -0.310 e. The summed E-state index contributed by atoms with van der Waals surface area (Å²) in [7, 11) is 0. The molecular formula is C22H21N3O4. The van der Waals surface area contributed by atoms with Gasteiger partial charge in [-0.25, -0.2) is 0 Å². The molecule has 7 nitrogen and oxygen atoms in total. The van der Waals surface area contributed by atoms with Gasteiger partial charge >= 0.3 is 0 Å². The first-order chi connectivity index (χ1) is 13.9. The Hall–Kier alpha value is -3.74. The van der Waals surface area contributed by atoms with Crippen molar-refractivity contribution in [3.63, 3.8) is 0 Å². The molecule has 0 N–H and O–H groups in total. The highest BCUT2D eigenvalue weighted by atomic mass is 16.6. The molecule has 1 amide bonds. The van der Waals surface area contributed by atoms with E-state index in [1.165, 1.54) is 35.0 Å².